The Balaban J connectivity index is 1.80. The number of thiocarbonyl (C=S) groups is 1. The highest BCUT2D eigenvalue weighted by Gasteiger charge is 2.40. The fourth-order valence-corrected chi connectivity index (χ4v) is 4.01. The van der Waals surface area contributed by atoms with Crippen molar-refractivity contribution in [3.63, 3.8) is 0 Å². The van der Waals surface area contributed by atoms with Crippen LogP contribution in [0.25, 0.3) is 5.82 Å². The van der Waals surface area contributed by atoms with Gasteiger partial charge in [0.15, 0.2) is 5.11 Å². The van der Waals surface area contributed by atoms with Gasteiger partial charge in [0.1, 0.15) is 5.82 Å². The molecular formula is C20H20ClN5S. The zero-order valence-electron chi connectivity index (χ0n) is 14.9. The second kappa shape index (κ2) is 7.66. The molecule has 3 aromatic heterocycles. The van der Waals surface area contributed by atoms with Crippen LogP contribution in [0.2, 0.25) is 5.02 Å². The lowest BCUT2D eigenvalue weighted by molar-refractivity contribution is 0.308. The number of pyridine rings is 2. The zero-order valence-corrected chi connectivity index (χ0v) is 16.5. The predicted molar refractivity (Wildman–Crippen MR) is 111 cm³/mol. The SMILES string of the molecule is CCCN1C(=S)N[C@H](c2ccccn2)[C@H]1c1cccn1-c1ccc(Cl)cn1. The van der Waals surface area contributed by atoms with Crippen LogP contribution < -0.4 is 5.32 Å². The first kappa shape index (κ1) is 17.9. The van der Waals surface area contributed by atoms with Crippen molar-refractivity contribution in [1.82, 2.24) is 24.8 Å². The van der Waals surface area contributed by atoms with Crippen molar-refractivity contribution in [2.45, 2.75) is 25.4 Å². The van der Waals surface area contributed by atoms with Crippen LogP contribution in [-0.2, 0) is 0 Å². The van der Waals surface area contributed by atoms with Crippen molar-refractivity contribution >= 4 is 28.9 Å². The van der Waals surface area contributed by atoms with Crippen molar-refractivity contribution in [1.29, 1.82) is 0 Å². The summed E-state index contributed by atoms with van der Waals surface area (Å²) in [6, 6.07) is 13.9. The van der Waals surface area contributed by atoms with Gasteiger partial charge in [-0.25, -0.2) is 4.98 Å². The van der Waals surface area contributed by atoms with Crippen molar-refractivity contribution in [3.05, 3.63) is 77.5 Å². The molecule has 0 aromatic carbocycles. The molecule has 1 aliphatic heterocycles. The molecule has 5 nitrogen and oxygen atoms in total. The Bertz CT molecular complexity index is 925. The summed E-state index contributed by atoms with van der Waals surface area (Å²) in [5, 5.41) is 4.85. The van der Waals surface area contributed by atoms with E-state index in [1.807, 2.05) is 48.8 Å². The average Bonchev–Trinajstić information content (AvgIpc) is 3.28. The molecule has 4 rings (SSSR count). The summed E-state index contributed by atoms with van der Waals surface area (Å²) in [6.07, 6.45) is 6.51. The summed E-state index contributed by atoms with van der Waals surface area (Å²) >= 11 is 11.7. The third-order valence-corrected chi connectivity index (χ3v) is 5.28. The van der Waals surface area contributed by atoms with Crippen LogP contribution in [0.5, 0.6) is 0 Å². The van der Waals surface area contributed by atoms with Crippen LogP contribution in [0.15, 0.2) is 61.1 Å². The van der Waals surface area contributed by atoms with Gasteiger partial charge in [-0.15, -0.1) is 0 Å². The third kappa shape index (κ3) is 3.42. The largest absolute Gasteiger partial charge is 0.352 e. The number of halogens is 1. The highest BCUT2D eigenvalue weighted by molar-refractivity contribution is 7.80. The Hall–Kier alpha value is -2.44. The van der Waals surface area contributed by atoms with Crippen LogP contribution in [0.1, 0.15) is 36.8 Å². The maximum atomic E-state index is 6.01. The molecule has 1 saturated heterocycles. The van der Waals surface area contributed by atoms with Gasteiger partial charge in [-0.05, 0) is 55.0 Å². The van der Waals surface area contributed by atoms with Crippen LogP contribution in [0.3, 0.4) is 0 Å². The lowest BCUT2D eigenvalue weighted by Crippen LogP contribution is -2.31. The van der Waals surface area contributed by atoms with E-state index < -0.39 is 0 Å². The maximum absolute atomic E-state index is 6.01. The molecule has 1 fully saturated rings. The Morgan fingerprint density at radius 1 is 1.15 bits per heavy atom. The standard InChI is InChI=1S/C20H20ClN5S/c1-2-11-26-19(18(24-20(26)27)15-6-3-4-10-22-15)16-7-5-12-25(16)17-9-8-14(21)13-23-17/h3-10,12-13,18-19H,2,11H2,1H3,(H,24,27)/t18-,19-/m1/s1. The average molecular weight is 398 g/mol. The van der Waals surface area contributed by atoms with Gasteiger partial charge in [-0.2, -0.15) is 0 Å². The second-order valence-electron chi connectivity index (χ2n) is 6.46. The van der Waals surface area contributed by atoms with Gasteiger partial charge in [0, 0.05) is 30.8 Å². The van der Waals surface area contributed by atoms with Gasteiger partial charge in [-0.1, -0.05) is 24.6 Å². The van der Waals surface area contributed by atoms with Crippen LogP contribution in [-0.4, -0.2) is 31.1 Å². The molecule has 2 atom stereocenters. The monoisotopic (exact) mass is 397 g/mol. The smallest absolute Gasteiger partial charge is 0.170 e. The van der Waals surface area contributed by atoms with E-state index in [4.69, 9.17) is 23.8 Å². The fourth-order valence-electron chi connectivity index (χ4n) is 3.56. The van der Waals surface area contributed by atoms with E-state index in [0.29, 0.717) is 5.02 Å². The minimum Gasteiger partial charge on any atom is -0.352 e. The van der Waals surface area contributed by atoms with Crippen molar-refractivity contribution in [3.8, 4) is 5.82 Å². The zero-order chi connectivity index (χ0) is 18.8. The van der Waals surface area contributed by atoms with Crippen molar-refractivity contribution < 1.29 is 0 Å². The topological polar surface area (TPSA) is 46.0 Å². The van der Waals surface area contributed by atoms with Crippen LogP contribution in [0, 0.1) is 0 Å². The predicted octanol–water partition coefficient (Wildman–Crippen LogP) is 4.30. The molecule has 0 radical (unpaired) electrons. The number of hydrogen-bond donors (Lipinski definition) is 1. The molecule has 4 heterocycles. The first-order valence-corrected chi connectivity index (χ1v) is 9.75. The maximum Gasteiger partial charge on any atom is 0.170 e. The number of aromatic nitrogens is 3. The van der Waals surface area contributed by atoms with E-state index in [-0.39, 0.29) is 12.1 Å². The molecule has 1 N–H and O–H groups in total. The summed E-state index contributed by atoms with van der Waals surface area (Å²) < 4.78 is 2.09. The molecule has 3 aromatic rings. The van der Waals surface area contributed by atoms with E-state index in [2.05, 4.69) is 37.7 Å². The van der Waals surface area contributed by atoms with E-state index in [1.165, 1.54) is 0 Å². The van der Waals surface area contributed by atoms with Gasteiger partial charge in [0.25, 0.3) is 0 Å². The molecule has 7 heteroatoms. The van der Waals surface area contributed by atoms with Crippen LogP contribution >= 0.6 is 23.8 Å². The molecular weight excluding hydrogens is 378 g/mol. The summed E-state index contributed by atoms with van der Waals surface area (Å²) in [5.74, 6) is 0.827. The van der Waals surface area contributed by atoms with Crippen molar-refractivity contribution in [2.24, 2.45) is 0 Å². The number of nitrogens with zero attached hydrogens (tertiary/aromatic N) is 4. The third-order valence-electron chi connectivity index (χ3n) is 4.70. The Labute approximate surface area is 169 Å². The highest BCUT2D eigenvalue weighted by atomic mass is 35.5. The Morgan fingerprint density at radius 2 is 2.04 bits per heavy atom. The molecule has 0 spiro atoms. The van der Waals surface area contributed by atoms with Gasteiger partial charge in [-0.3, -0.25) is 4.98 Å². The first-order valence-electron chi connectivity index (χ1n) is 8.96. The second-order valence-corrected chi connectivity index (χ2v) is 7.28. The number of rotatable bonds is 5. The summed E-state index contributed by atoms with van der Waals surface area (Å²) in [6.45, 7) is 3.03. The number of nitrogens with one attached hydrogen (secondary N) is 1. The van der Waals surface area contributed by atoms with E-state index in [0.717, 1.165) is 35.3 Å². The molecule has 138 valence electrons. The van der Waals surface area contributed by atoms with Crippen LogP contribution in [0.4, 0.5) is 0 Å². The normalized spacial score (nSPS) is 19.3. The van der Waals surface area contributed by atoms with Gasteiger partial charge < -0.3 is 14.8 Å². The fraction of sp³-hybridized carbons (Fsp3) is 0.250. The van der Waals surface area contributed by atoms with Gasteiger partial charge in [0.05, 0.1) is 22.8 Å². The van der Waals surface area contributed by atoms with Gasteiger partial charge >= 0.3 is 0 Å². The summed E-state index contributed by atoms with van der Waals surface area (Å²) in [5.41, 5.74) is 2.08. The summed E-state index contributed by atoms with van der Waals surface area (Å²) in [7, 11) is 0. The van der Waals surface area contributed by atoms with E-state index >= 15 is 0 Å². The molecule has 27 heavy (non-hydrogen) atoms. The molecule has 0 aliphatic carbocycles. The lowest BCUT2D eigenvalue weighted by Gasteiger charge is -2.28. The van der Waals surface area contributed by atoms with E-state index in [1.54, 1.807) is 6.20 Å². The Morgan fingerprint density at radius 3 is 2.74 bits per heavy atom. The number of hydrogen-bond acceptors (Lipinski definition) is 3. The van der Waals surface area contributed by atoms with Gasteiger partial charge in [0.2, 0.25) is 0 Å². The molecule has 0 saturated carbocycles. The molecule has 0 bridgehead atoms. The molecule has 0 amide bonds. The minimum absolute atomic E-state index is 0.0220. The highest BCUT2D eigenvalue weighted by Crippen LogP contribution is 2.39. The first-order chi connectivity index (χ1) is 13.2. The van der Waals surface area contributed by atoms with Crippen molar-refractivity contribution in [2.75, 3.05) is 6.54 Å². The molecule has 1 aliphatic rings. The minimum atomic E-state index is -0.0220. The lowest BCUT2D eigenvalue weighted by atomic mass is 10.0. The Kier molecular flexibility index (Phi) is 5.09. The van der Waals surface area contributed by atoms with E-state index in [9.17, 15) is 0 Å². The summed E-state index contributed by atoms with van der Waals surface area (Å²) in [4.78, 5) is 11.3. The molecule has 0 unspecified atom stereocenters. The quantitative estimate of drug-likeness (QED) is 0.650.